The second-order valence-electron chi connectivity index (χ2n) is 6.90. The first-order valence-electron chi connectivity index (χ1n) is 9.14. The van der Waals surface area contributed by atoms with E-state index in [1.807, 2.05) is 24.3 Å². The third-order valence-corrected chi connectivity index (χ3v) is 4.93. The lowest BCUT2D eigenvalue weighted by Gasteiger charge is -2.08. The number of nitrogens with one attached hydrogen (secondary N) is 2. The number of hydrogen-bond donors (Lipinski definition) is 4. The van der Waals surface area contributed by atoms with Crippen molar-refractivity contribution in [2.75, 3.05) is 5.32 Å². The highest BCUT2D eigenvalue weighted by Gasteiger charge is 2.20. The normalized spacial score (nSPS) is 15.3. The van der Waals surface area contributed by atoms with Crippen molar-refractivity contribution in [1.82, 2.24) is 19.6 Å². The van der Waals surface area contributed by atoms with E-state index in [0.717, 1.165) is 18.5 Å². The average Bonchev–Trinajstić information content (AvgIpc) is 3.33. The monoisotopic (exact) mass is 408 g/mol. The molecule has 0 radical (unpaired) electrons. The Labute approximate surface area is 169 Å². The topological polar surface area (TPSA) is 111 Å². The lowest BCUT2D eigenvalue weighted by atomic mass is 10.2. The number of H-pyrrole nitrogens is 1. The summed E-state index contributed by atoms with van der Waals surface area (Å²) in [5.74, 6) is 0.333. The number of anilines is 2. The number of benzene rings is 1. The van der Waals surface area contributed by atoms with Crippen molar-refractivity contribution in [2.45, 2.75) is 18.9 Å². The van der Waals surface area contributed by atoms with Crippen LogP contribution in [0.4, 0.5) is 11.5 Å². The Morgan fingerprint density at radius 1 is 1.24 bits per heavy atom. The van der Waals surface area contributed by atoms with Gasteiger partial charge in [0.05, 0.1) is 22.9 Å². The minimum atomic E-state index is -0.130. The molecule has 9 heteroatoms. The number of hydrogen-bond acceptors (Lipinski definition) is 6. The zero-order valence-corrected chi connectivity index (χ0v) is 15.9. The summed E-state index contributed by atoms with van der Waals surface area (Å²) >= 11 is 6.27. The Hall–Kier alpha value is -3.52. The molecule has 1 fully saturated rings. The molecule has 3 heterocycles. The molecule has 0 aliphatic heterocycles. The molecule has 1 aliphatic carbocycles. The number of aromatic hydroxyl groups is 2. The smallest absolute Gasteiger partial charge is 0.198 e. The van der Waals surface area contributed by atoms with Gasteiger partial charge in [0.15, 0.2) is 22.9 Å². The van der Waals surface area contributed by atoms with Crippen LogP contribution in [-0.4, -0.2) is 35.8 Å². The van der Waals surface area contributed by atoms with E-state index in [9.17, 15) is 10.2 Å². The quantitative estimate of drug-likeness (QED) is 0.414. The maximum Gasteiger partial charge on any atom is 0.198 e. The molecular formula is C20H17ClN6O2. The molecule has 0 spiro atoms. The Morgan fingerprint density at radius 2 is 2.07 bits per heavy atom. The summed E-state index contributed by atoms with van der Waals surface area (Å²) in [5, 5.41) is 28.4. The van der Waals surface area contributed by atoms with Crippen LogP contribution in [0.15, 0.2) is 47.6 Å². The van der Waals surface area contributed by atoms with Gasteiger partial charge in [-0.15, -0.1) is 0 Å². The molecule has 1 aliphatic rings. The molecule has 3 aromatic heterocycles. The second kappa shape index (κ2) is 6.82. The van der Waals surface area contributed by atoms with Crippen LogP contribution >= 0.6 is 11.6 Å². The number of nitrogens with zero attached hydrogens (tertiary/aromatic N) is 4. The van der Waals surface area contributed by atoms with E-state index < -0.39 is 0 Å². The molecular weight excluding hydrogens is 392 g/mol. The van der Waals surface area contributed by atoms with Crippen molar-refractivity contribution >= 4 is 34.8 Å². The van der Waals surface area contributed by atoms with Gasteiger partial charge in [0.2, 0.25) is 0 Å². The van der Waals surface area contributed by atoms with Gasteiger partial charge in [-0.25, -0.2) is 4.98 Å². The molecule has 4 aromatic rings. The van der Waals surface area contributed by atoms with Crippen LogP contribution in [0.3, 0.4) is 0 Å². The van der Waals surface area contributed by atoms with Crippen molar-refractivity contribution in [2.24, 2.45) is 4.99 Å². The maximum atomic E-state index is 9.92. The first-order valence-corrected chi connectivity index (χ1v) is 9.51. The zero-order chi connectivity index (χ0) is 20.0. The molecule has 0 bridgehead atoms. The summed E-state index contributed by atoms with van der Waals surface area (Å²) in [6.07, 6.45) is 5.47. The lowest BCUT2D eigenvalue weighted by Crippen LogP contribution is -2.19. The molecule has 29 heavy (non-hydrogen) atoms. The minimum absolute atomic E-state index is 0.122. The van der Waals surface area contributed by atoms with E-state index in [-0.39, 0.29) is 11.8 Å². The van der Waals surface area contributed by atoms with Gasteiger partial charge < -0.3 is 15.5 Å². The average molecular weight is 409 g/mol. The number of rotatable bonds is 4. The maximum absolute atomic E-state index is 9.92. The van der Waals surface area contributed by atoms with Gasteiger partial charge in [-0.05, 0) is 31.1 Å². The summed E-state index contributed by atoms with van der Waals surface area (Å²) in [7, 11) is 0. The molecule has 0 amide bonds. The van der Waals surface area contributed by atoms with Crippen LogP contribution < -0.4 is 16.0 Å². The van der Waals surface area contributed by atoms with Gasteiger partial charge in [-0.3, -0.25) is 9.98 Å². The van der Waals surface area contributed by atoms with Crippen LogP contribution in [0.2, 0.25) is 5.02 Å². The number of para-hydroxylation sites is 1. The summed E-state index contributed by atoms with van der Waals surface area (Å²) in [6.45, 7) is 0. The molecule has 146 valence electrons. The van der Waals surface area contributed by atoms with Crippen molar-refractivity contribution in [3.8, 4) is 11.8 Å². The zero-order valence-electron chi connectivity index (χ0n) is 15.2. The molecule has 0 unspecified atom stereocenters. The molecule has 1 saturated carbocycles. The first kappa shape index (κ1) is 17.6. The van der Waals surface area contributed by atoms with Gasteiger partial charge in [-0.2, -0.15) is 9.61 Å². The fraction of sp³-hybridized carbons (Fsp3) is 0.150. The molecule has 0 saturated heterocycles. The highest BCUT2D eigenvalue weighted by atomic mass is 35.5. The largest absolute Gasteiger partial charge is 0.494 e. The van der Waals surface area contributed by atoms with Crippen molar-refractivity contribution in [1.29, 1.82) is 0 Å². The standard InChI is InChI=1S/C20H17ClN6O2/c21-14-3-1-2-4-15(14)24-16-9-17(23-13-5-6-13)27-19(25-16)12(10-22-27)7-11-8-18(28)26-20(11)29/h1-4,7-10,13,24,26,28-29H,5-6H2. The summed E-state index contributed by atoms with van der Waals surface area (Å²) in [6, 6.07) is 11.0. The number of halogens is 1. The molecule has 1 aromatic carbocycles. The Balaban J connectivity index is 1.69. The highest BCUT2D eigenvalue weighted by molar-refractivity contribution is 6.33. The molecule has 5 rings (SSSR count). The van der Waals surface area contributed by atoms with Crippen molar-refractivity contribution < 1.29 is 10.2 Å². The third kappa shape index (κ3) is 3.50. The first-order chi connectivity index (χ1) is 14.1. The third-order valence-electron chi connectivity index (χ3n) is 4.60. The van der Waals surface area contributed by atoms with Crippen LogP contribution in [0.5, 0.6) is 11.8 Å². The number of aromatic nitrogens is 4. The van der Waals surface area contributed by atoms with E-state index in [2.05, 4.69) is 20.4 Å². The van der Waals surface area contributed by atoms with Crippen LogP contribution in [0, 0.1) is 0 Å². The van der Waals surface area contributed by atoms with E-state index >= 15 is 0 Å². The Morgan fingerprint density at radius 3 is 2.79 bits per heavy atom. The number of fused-ring (bicyclic) bond motifs is 1. The lowest BCUT2D eigenvalue weighted by molar-refractivity contribution is 0.425. The van der Waals surface area contributed by atoms with E-state index in [1.165, 1.54) is 6.07 Å². The second-order valence-corrected chi connectivity index (χ2v) is 7.31. The van der Waals surface area contributed by atoms with E-state index in [0.29, 0.717) is 38.8 Å². The van der Waals surface area contributed by atoms with E-state index in [4.69, 9.17) is 16.6 Å². The van der Waals surface area contributed by atoms with Gasteiger partial charge in [0, 0.05) is 22.9 Å². The van der Waals surface area contributed by atoms with Gasteiger partial charge in [0.25, 0.3) is 0 Å². The van der Waals surface area contributed by atoms with Crippen LogP contribution in [-0.2, 0) is 0 Å². The molecule has 8 nitrogen and oxygen atoms in total. The van der Waals surface area contributed by atoms with Gasteiger partial charge >= 0.3 is 0 Å². The van der Waals surface area contributed by atoms with E-state index in [1.54, 1.807) is 22.9 Å². The fourth-order valence-corrected chi connectivity index (χ4v) is 3.22. The summed E-state index contributed by atoms with van der Waals surface area (Å²) < 4.78 is 1.67. The Kier molecular flexibility index (Phi) is 4.13. The van der Waals surface area contributed by atoms with Crippen LogP contribution in [0.25, 0.3) is 11.7 Å². The predicted molar refractivity (Wildman–Crippen MR) is 109 cm³/mol. The van der Waals surface area contributed by atoms with Crippen molar-refractivity contribution in [3.05, 3.63) is 63.9 Å². The SMILES string of the molecule is Oc1cc(C=c2cnn3c(=NC4CC4)cc(Nc4ccccc4Cl)nc23)c(O)[nH]1. The van der Waals surface area contributed by atoms with Crippen LogP contribution in [0.1, 0.15) is 18.4 Å². The van der Waals surface area contributed by atoms with Crippen molar-refractivity contribution in [3.63, 3.8) is 0 Å². The number of aromatic amines is 1. The Bertz CT molecular complexity index is 1340. The molecule has 0 atom stereocenters. The highest BCUT2D eigenvalue weighted by Crippen LogP contribution is 2.25. The van der Waals surface area contributed by atoms with Gasteiger partial charge in [0.1, 0.15) is 5.82 Å². The molecule has 4 N–H and O–H groups in total. The predicted octanol–water partition coefficient (Wildman–Crippen LogP) is 2.48. The summed E-state index contributed by atoms with van der Waals surface area (Å²) in [5.41, 5.74) is 2.43. The van der Waals surface area contributed by atoms with Gasteiger partial charge in [-0.1, -0.05) is 23.7 Å². The minimum Gasteiger partial charge on any atom is -0.494 e. The summed E-state index contributed by atoms with van der Waals surface area (Å²) in [4.78, 5) is 11.9. The fourth-order valence-electron chi connectivity index (χ4n) is 3.04.